The molecule has 1 amide bonds. The Morgan fingerprint density at radius 1 is 1.21 bits per heavy atom. The van der Waals surface area contributed by atoms with Gasteiger partial charge in [-0.25, -0.2) is 9.97 Å². The topological polar surface area (TPSA) is 78.8 Å². The minimum absolute atomic E-state index is 0.0724. The van der Waals surface area contributed by atoms with Crippen molar-refractivity contribution in [2.75, 3.05) is 37.7 Å². The van der Waals surface area contributed by atoms with Crippen LogP contribution < -0.4 is 9.64 Å². The molecule has 5 rings (SSSR count). The zero-order valence-corrected chi connectivity index (χ0v) is 22.0. The second kappa shape index (κ2) is 10.5. The van der Waals surface area contributed by atoms with Crippen LogP contribution >= 0.6 is 34.2 Å². The summed E-state index contributed by atoms with van der Waals surface area (Å²) in [6.45, 7) is 3.66. The monoisotopic (exact) mass is 596 g/mol. The molecule has 2 aliphatic heterocycles. The fourth-order valence-electron chi connectivity index (χ4n) is 5.20. The van der Waals surface area contributed by atoms with Crippen molar-refractivity contribution in [1.82, 2.24) is 14.9 Å². The lowest BCUT2D eigenvalue weighted by Gasteiger charge is -2.36. The maximum atomic E-state index is 12.3. The molecule has 0 radical (unpaired) electrons. The number of anilines is 1. The molecule has 1 aromatic heterocycles. The molecule has 2 aromatic rings. The molecule has 3 aliphatic rings. The highest BCUT2D eigenvalue weighted by Crippen LogP contribution is 2.49. The zero-order chi connectivity index (χ0) is 23.7. The van der Waals surface area contributed by atoms with Gasteiger partial charge in [-0.05, 0) is 83.7 Å². The van der Waals surface area contributed by atoms with Crippen molar-refractivity contribution in [1.29, 1.82) is 0 Å². The number of halogens is 2. The van der Waals surface area contributed by atoms with E-state index in [0.29, 0.717) is 24.5 Å². The summed E-state index contributed by atoms with van der Waals surface area (Å²) in [5.41, 5.74) is 1.01. The second-order valence-corrected chi connectivity index (χ2v) is 11.3. The molecule has 34 heavy (non-hydrogen) atoms. The van der Waals surface area contributed by atoms with Gasteiger partial charge in [0.2, 0.25) is 11.9 Å². The average Bonchev–Trinajstić information content (AvgIpc) is 3.59. The van der Waals surface area contributed by atoms with Crippen molar-refractivity contribution in [3.8, 4) is 5.75 Å². The third kappa shape index (κ3) is 5.76. The third-order valence-electron chi connectivity index (χ3n) is 7.35. The Kier molecular flexibility index (Phi) is 7.46. The predicted molar refractivity (Wildman–Crippen MR) is 139 cm³/mol. The summed E-state index contributed by atoms with van der Waals surface area (Å²) in [5.74, 6) is 4.11. The SMILES string of the molecule is O=C(Cc1ccc(OCC[C@@H]2C[C@@H]2C2CCN(c3ncc(Cl)cn3)CC2)cc1I)N1CC(O)C1. The number of ether oxygens (including phenoxy) is 1. The molecule has 1 saturated carbocycles. The number of nitrogens with zero attached hydrogens (tertiary/aromatic N) is 4. The van der Waals surface area contributed by atoms with Crippen LogP contribution in [0.2, 0.25) is 5.02 Å². The van der Waals surface area contributed by atoms with Gasteiger partial charge in [-0.1, -0.05) is 17.7 Å². The van der Waals surface area contributed by atoms with Gasteiger partial charge in [-0.2, -0.15) is 0 Å². The number of aliphatic hydroxyl groups is 1. The van der Waals surface area contributed by atoms with Crippen molar-refractivity contribution in [3.63, 3.8) is 0 Å². The van der Waals surface area contributed by atoms with Gasteiger partial charge in [0.05, 0.1) is 36.5 Å². The first-order valence-electron chi connectivity index (χ1n) is 12.1. The molecule has 0 bridgehead atoms. The Morgan fingerprint density at radius 2 is 1.94 bits per heavy atom. The molecule has 0 unspecified atom stereocenters. The normalized spacial score (nSPS) is 23.0. The molecule has 3 fully saturated rings. The van der Waals surface area contributed by atoms with Crippen LogP contribution in [0.3, 0.4) is 0 Å². The molecule has 182 valence electrons. The number of benzene rings is 1. The minimum atomic E-state index is -0.360. The van der Waals surface area contributed by atoms with Crippen LogP contribution in [0.15, 0.2) is 30.6 Å². The molecular formula is C25H30ClIN4O3. The molecule has 9 heteroatoms. The number of aliphatic hydroxyl groups excluding tert-OH is 1. The van der Waals surface area contributed by atoms with Crippen molar-refractivity contribution in [2.45, 2.75) is 38.2 Å². The van der Waals surface area contributed by atoms with E-state index in [4.69, 9.17) is 16.3 Å². The third-order valence-corrected chi connectivity index (χ3v) is 8.55. The molecule has 3 heterocycles. The number of aromatic nitrogens is 2. The van der Waals surface area contributed by atoms with Gasteiger partial charge in [0.15, 0.2) is 0 Å². The van der Waals surface area contributed by atoms with Crippen LogP contribution in [0, 0.1) is 21.3 Å². The second-order valence-electron chi connectivity index (χ2n) is 9.71. The van der Waals surface area contributed by atoms with Crippen molar-refractivity contribution in [3.05, 3.63) is 44.7 Å². The van der Waals surface area contributed by atoms with Crippen LogP contribution in [0.25, 0.3) is 0 Å². The molecule has 1 aromatic carbocycles. The highest BCUT2D eigenvalue weighted by molar-refractivity contribution is 14.1. The van der Waals surface area contributed by atoms with Gasteiger partial charge < -0.3 is 19.6 Å². The van der Waals surface area contributed by atoms with Gasteiger partial charge in [0, 0.05) is 29.7 Å². The molecule has 0 spiro atoms. The maximum Gasteiger partial charge on any atom is 0.227 e. The molecule has 2 atom stereocenters. The molecular weight excluding hydrogens is 567 g/mol. The predicted octanol–water partition coefficient (Wildman–Crippen LogP) is 3.80. The van der Waals surface area contributed by atoms with E-state index in [1.54, 1.807) is 17.3 Å². The van der Waals surface area contributed by atoms with Crippen LogP contribution in [0.5, 0.6) is 5.75 Å². The molecule has 7 nitrogen and oxygen atoms in total. The number of hydrogen-bond donors (Lipinski definition) is 1. The van der Waals surface area contributed by atoms with E-state index in [-0.39, 0.29) is 12.0 Å². The summed E-state index contributed by atoms with van der Waals surface area (Å²) in [6, 6.07) is 5.98. The Balaban J connectivity index is 1.02. The van der Waals surface area contributed by atoms with E-state index in [9.17, 15) is 9.90 Å². The Hall–Kier alpha value is -1.65. The first-order chi connectivity index (χ1) is 16.5. The Bertz CT molecular complexity index is 1010. The summed E-state index contributed by atoms with van der Waals surface area (Å²) < 4.78 is 7.09. The standard InChI is InChI=1S/C25H30ClIN4O3/c26-19-12-28-25(29-13-19)30-6-3-16(4-7-30)22-9-17(22)5-8-34-21-2-1-18(23(27)11-21)10-24(33)31-14-20(32)15-31/h1-2,11-13,16-17,20,22,32H,3-10,14-15H2/t17-,22-/m1/s1. The van der Waals surface area contributed by atoms with Gasteiger partial charge in [-0.15, -0.1) is 0 Å². The lowest BCUT2D eigenvalue weighted by Crippen LogP contribution is -2.54. The number of hydrogen-bond acceptors (Lipinski definition) is 6. The van der Waals surface area contributed by atoms with Gasteiger partial charge in [0.25, 0.3) is 0 Å². The molecule has 1 N–H and O–H groups in total. The zero-order valence-electron chi connectivity index (χ0n) is 19.1. The van der Waals surface area contributed by atoms with E-state index in [0.717, 1.165) is 64.7 Å². The molecule has 1 aliphatic carbocycles. The van der Waals surface area contributed by atoms with Gasteiger partial charge in [0.1, 0.15) is 5.75 Å². The lowest BCUT2D eigenvalue weighted by molar-refractivity contribution is -0.140. The minimum Gasteiger partial charge on any atom is -0.494 e. The number of carbonyl (C=O) groups is 1. The number of piperidine rings is 1. The van der Waals surface area contributed by atoms with Crippen molar-refractivity contribution < 1.29 is 14.6 Å². The van der Waals surface area contributed by atoms with Crippen molar-refractivity contribution >= 4 is 46.0 Å². The fraction of sp³-hybridized carbons (Fsp3) is 0.560. The quantitative estimate of drug-likeness (QED) is 0.467. The summed E-state index contributed by atoms with van der Waals surface area (Å²) in [6.07, 6.45) is 8.15. The summed E-state index contributed by atoms with van der Waals surface area (Å²) >= 11 is 8.17. The summed E-state index contributed by atoms with van der Waals surface area (Å²) in [4.78, 5) is 24.9. The Labute approximate surface area is 219 Å². The highest BCUT2D eigenvalue weighted by Gasteiger charge is 2.43. The Morgan fingerprint density at radius 3 is 2.62 bits per heavy atom. The van der Waals surface area contributed by atoms with Gasteiger partial charge >= 0.3 is 0 Å². The van der Waals surface area contributed by atoms with Crippen molar-refractivity contribution in [2.24, 2.45) is 17.8 Å². The molecule has 2 saturated heterocycles. The lowest BCUT2D eigenvalue weighted by atomic mass is 9.90. The number of likely N-dealkylation sites (tertiary alicyclic amines) is 1. The van der Waals surface area contributed by atoms with E-state index in [2.05, 4.69) is 37.5 Å². The first-order valence-corrected chi connectivity index (χ1v) is 13.5. The van der Waals surface area contributed by atoms with Crippen LogP contribution in [0.1, 0.15) is 31.2 Å². The smallest absolute Gasteiger partial charge is 0.227 e. The highest BCUT2D eigenvalue weighted by atomic mass is 127. The summed E-state index contributed by atoms with van der Waals surface area (Å²) in [7, 11) is 0. The van der Waals surface area contributed by atoms with Crippen LogP contribution in [-0.4, -0.2) is 64.8 Å². The van der Waals surface area contributed by atoms with E-state index in [1.807, 2.05) is 18.2 Å². The van der Waals surface area contributed by atoms with E-state index in [1.165, 1.54) is 19.3 Å². The number of β-amino-alcohol motifs (C(OH)–C–C–N with tert-alkyl or cyclic N) is 1. The summed E-state index contributed by atoms with van der Waals surface area (Å²) in [5, 5.41) is 9.95. The van der Waals surface area contributed by atoms with E-state index >= 15 is 0 Å². The van der Waals surface area contributed by atoms with Crippen LogP contribution in [-0.2, 0) is 11.2 Å². The first kappa shape index (κ1) is 24.1. The number of carbonyl (C=O) groups excluding carboxylic acids is 1. The largest absolute Gasteiger partial charge is 0.494 e. The maximum absolute atomic E-state index is 12.3. The van der Waals surface area contributed by atoms with E-state index < -0.39 is 0 Å². The van der Waals surface area contributed by atoms with Crippen LogP contribution in [0.4, 0.5) is 5.95 Å². The fourth-order valence-corrected chi connectivity index (χ4v) is 5.97. The number of amides is 1. The average molecular weight is 597 g/mol. The van der Waals surface area contributed by atoms with Gasteiger partial charge in [-0.3, -0.25) is 4.79 Å². The number of rotatable bonds is 8.